The monoisotopic (exact) mass is 228 g/mol. The Labute approximate surface area is 98.0 Å². The molecule has 0 rings (SSSR count). The minimum absolute atomic E-state index is 0.0248. The SMILES string of the molecule is CCCCCCCNC(=O)CCCC(N)=O. The molecule has 0 fully saturated rings. The topological polar surface area (TPSA) is 72.2 Å². The fourth-order valence-electron chi connectivity index (χ4n) is 1.47. The van der Waals surface area contributed by atoms with Gasteiger partial charge in [-0.1, -0.05) is 32.6 Å². The Morgan fingerprint density at radius 3 is 2.31 bits per heavy atom. The highest BCUT2D eigenvalue weighted by Gasteiger charge is 2.01. The molecule has 0 heterocycles. The summed E-state index contributed by atoms with van der Waals surface area (Å²) >= 11 is 0. The first-order valence-electron chi connectivity index (χ1n) is 6.21. The van der Waals surface area contributed by atoms with Gasteiger partial charge in [-0.25, -0.2) is 0 Å². The lowest BCUT2D eigenvalue weighted by Gasteiger charge is -2.04. The molecular formula is C12H24N2O2. The van der Waals surface area contributed by atoms with Crippen LogP contribution in [0.4, 0.5) is 0 Å². The van der Waals surface area contributed by atoms with Crippen LogP contribution in [-0.2, 0) is 9.59 Å². The molecule has 0 saturated heterocycles. The molecule has 4 nitrogen and oxygen atoms in total. The fourth-order valence-corrected chi connectivity index (χ4v) is 1.47. The second kappa shape index (κ2) is 10.5. The predicted molar refractivity (Wildman–Crippen MR) is 64.8 cm³/mol. The van der Waals surface area contributed by atoms with E-state index in [4.69, 9.17) is 5.73 Å². The fraction of sp³-hybridized carbons (Fsp3) is 0.833. The summed E-state index contributed by atoms with van der Waals surface area (Å²) in [6.45, 7) is 2.93. The molecule has 4 heteroatoms. The predicted octanol–water partition coefficient (Wildman–Crippen LogP) is 1.73. The number of amides is 2. The molecule has 0 unspecified atom stereocenters. The van der Waals surface area contributed by atoms with Gasteiger partial charge in [0.2, 0.25) is 11.8 Å². The molecule has 0 radical (unpaired) electrons. The Bertz CT molecular complexity index is 205. The van der Waals surface area contributed by atoms with Crippen molar-refractivity contribution in [3.8, 4) is 0 Å². The third-order valence-corrected chi connectivity index (χ3v) is 2.43. The van der Waals surface area contributed by atoms with Gasteiger partial charge in [0.25, 0.3) is 0 Å². The Morgan fingerprint density at radius 1 is 1.00 bits per heavy atom. The number of nitrogens with one attached hydrogen (secondary N) is 1. The van der Waals surface area contributed by atoms with Crippen molar-refractivity contribution in [3.05, 3.63) is 0 Å². The van der Waals surface area contributed by atoms with E-state index in [0.29, 0.717) is 19.3 Å². The van der Waals surface area contributed by atoms with Gasteiger partial charge in [-0.15, -0.1) is 0 Å². The van der Waals surface area contributed by atoms with E-state index in [2.05, 4.69) is 12.2 Å². The van der Waals surface area contributed by atoms with Gasteiger partial charge in [-0.2, -0.15) is 0 Å². The van der Waals surface area contributed by atoms with Gasteiger partial charge in [-0.3, -0.25) is 9.59 Å². The van der Waals surface area contributed by atoms with E-state index in [9.17, 15) is 9.59 Å². The average Bonchev–Trinajstić information content (AvgIpc) is 2.22. The van der Waals surface area contributed by atoms with E-state index >= 15 is 0 Å². The highest BCUT2D eigenvalue weighted by atomic mass is 16.2. The molecule has 0 bridgehead atoms. The summed E-state index contributed by atoms with van der Waals surface area (Å²) in [4.78, 5) is 21.7. The summed E-state index contributed by atoms with van der Waals surface area (Å²) < 4.78 is 0. The maximum absolute atomic E-state index is 11.3. The van der Waals surface area contributed by atoms with Crippen molar-refractivity contribution in [1.82, 2.24) is 5.32 Å². The van der Waals surface area contributed by atoms with Crippen LogP contribution in [0.2, 0.25) is 0 Å². The molecule has 0 aliphatic heterocycles. The van der Waals surface area contributed by atoms with Crippen LogP contribution in [-0.4, -0.2) is 18.4 Å². The molecule has 2 amide bonds. The van der Waals surface area contributed by atoms with Crippen LogP contribution in [0.3, 0.4) is 0 Å². The summed E-state index contributed by atoms with van der Waals surface area (Å²) in [7, 11) is 0. The summed E-state index contributed by atoms with van der Waals surface area (Å²) in [5, 5.41) is 2.84. The second-order valence-electron chi connectivity index (χ2n) is 4.08. The molecule has 0 aromatic carbocycles. The number of primary amides is 1. The lowest BCUT2D eigenvalue weighted by Crippen LogP contribution is -2.24. The van der Waals surface area contributed by atoms with Crippen molar-refractivity contribution in [1.29, 1.82) is 0 Å². The van der Waals surface area contributed by atoms with Crippen molar-refractivity contribution >= 4 is 11.8 Å². The molecule has 0 aromatic rings. The van der Waals surface area contributed by atoms with Crippen LogP contribution in [0.1, 0.15) is 58.3 Å². The van der Waals surface area contributed by atoms with Crippen LogP contribution >= 0.6 is 0 Å². The second-order valence-corrected chi connectivity index (χ2v) is 4.08. The Hall–Kier alpha value is -1.06. The zero-order valence-corrected chi connectivity index (χ0v) is 10.3. The lowest BCUT2D eigenvalue weighted by molar-refractivity contribution is -0.121. The van der Waals surface area contributed by atoms with Crippen LogP contribution in [0.15, 0.2) is 0 Å². The van der Waals surface area contributed by atoms with Crippen molar-refractivity contribution in [2.24, 2.45) is 5.73 Å². The smallest absolute Gasteiger partial charge is 0.220 e. The molecule has 3 N–H and O–H groups in total. The third kappa shape index (κ3) is 11.0. The first-order chi connectivity index (χ1) is 7.66. The van der Waals surface area contributed by atoms with Crippen LogP contribution in [0, 0.1) is 0 Å². The van der Waals surface area contributed by atoms with Gasteiger partial charge >= 0.3 is 0 Å². The van der Waals surface area contributed by atoms with E-state index in [0.717, 1.165) is 13.0 Å². The van der Waals surface area contributed by atoms with Gasteiger partial charge in [0.1, 0.15) is 0 Å². The van der Waals surface area contributed by atoms with Gasteiger partial charge < -0.3 is 11.1 Å². The number of nitrogens with two attached hydrogens (primary N) is 1. The Kier molecular flexibility index (Phi) is 9.76. The minimum Gasteiger partial charge on any atom is -0.370 e. The number of unbranched alkanes of at least 4 members (excludes halogenated alkanes) is 4. The molecule has 0 aliphatic carbocycles. The Balaban J connectivity index is 3.20. The van der Waals surface area contributed by atoms with E-state index in [-0.39, 0.29) is 11.8 Å². The minimum atomic E-state index is -0.340. The van der Waals surface area contributed by atoms with E-state index < -0.39 is 0 Å². The summed E-state index contributed by atoms with van der Waals surface area (Å²) in [6, 6.07) is 0. The largest absolute Gasteiger partial charge is 0.370 e. The molecule has 0 atom stereocenters. The van der Waals surface area contributed by atoms with E-state index in [1.165, 1.54) is 25.7 Å². The molecule has 0 spiro atoms. The van der Waals surface area contributed by atoms with Crippen molar-refractivity contribution in [2.75, 3.05) is 6.54 Å². The number of rotatable bonds is 10. The van der Waals surface area contributed by atoms with E-state index in [1.807, 2.05) is 0 Å². The first kappa shape index (κ1) is 14.9. The molecule has 0 saturated carbocycles. The summed E-state index contributed by atoms with van der Waals surface area (Å²) in [6.07, 6.45) is 7.22. The quantitative estimate of drug-likeness (QED) is 0.559. The standard InChI is InChI=1S/C12H24N2O2/c1-2-3-4-5-6-10-14-12(16)9-7-8-11(13)15/h2-10H2,1H3,(H2,13,15)(H,14,16). The van der Waals surface area contributed by atoms with Crippen LogP contribution in [0.5, 0.6) is 0 Å². The zero-order chi connectivity index (χ0) is 12.2. The highest BCUT2D eigenvalue weighted by Crippen LogP contribution is 2.01. The van der Waals surface area contributed by atoms with Gasteiger partial charge in [0.05, 0.1) is 0 Å². The molecule has 0 aromatic heterocycles. The molecule has 16 heavy (non-hydrogen) atoms. The van der Waals surface area contributed by atoms with Gasteiger partial charge in [0, 0.05) is 19.4 Å². The molecule has 94 valence electrons. The normalized spacial score (nSPS) is 10.1. The molecule has 0 aliphatic rings. The maximum Gasteiger partial charge on any atom is 0.220 e. The van der Waals surface area contributed by atoms with Crippen LogP contribution in [0.25, 0.3) is 0 Å². The Morgan fingerprint density at radius 2 is 1.69 bits per heavy atom. The highest BCUT2D eigenvalue weighted by molar-refractivity contribution is 5.77. The van der Waals surface area contributed by atoms with Crippen LogP contribution < -0.4 is 11.1 Å². The number of carbonyl (C=O) groups is 2. The average molecular weight is 228 g/mol. The number of hydrogen-bond acceptors (Lipinski definition) is 2. The number of hydrogen-bond donors (Lipinski definition) is 2. The third-order valence-electron chi connectivity index (χ3n) is 2.43. The zero-order valence-electron chi connectivity index (χ0n) is 10.3. The van der Waals surface area contributed by atoms with E-state index in [1.54, 1.807) is 0 Å². The van der Waals surface area contributed by atoms with Gasteiger partial charge in [0.15, 0.2) is 0 Å². The molecular weight excluding hydrogens is 204 g/mol. The van der Waals surface area contributed by atoms with Crippen molar-refractivity contribution in [2.45, 2.75) is 58.3 Å². The summed E-state index contributed by atoms with van der Waals surface area (Å²) in [5.74, 6) is -0.316. The number of carbonyl (C=O) groups excluding carboxylic acids is 2. The lowest BCUT2D eigenvalue weighted by atomic mass is 10.1. The first-order valence-corrected chi connectivity index (χ1v) is 6.21. The maximum atomic E-state index is 11.3. The van der Waals surface area contributed by atoms with Crippen molar-refractivity contribution < 1.29 is 9.59 Å². The van der Waals surface area contributed by atoms with Gasteiger partial charge in [-0.05, 0) is 12.8 Å². The van der Waals surface area contributed by atoms with Crippen molar-refractivity contribution in [3.63, 3.8) is 0 Å². The summed E-state index contributed by atoms with van der Waals surface area (Å²) in [5.41, 5.74) is 4.98.